The molecule has 0 amide bonds. The van der Waals surface area contributed by atoms with Gasteiger partial charge in [-0.1, -0.05) is 29.9 Å². The molecule has 0 heteroatoms. The molecule has 0 spiro atoms. The van der Waals surface area contributed by atoms with Crippen molar-refractivity contribution in [2.45, 2.75) is 26.7 Å². The largest absolute Gasteiger partial charge is 0.103 e. The van der Waals surface area contributed by atoms with E-state index in [2.05, 4.69) is 44.7 Å². The van der Waals surface area contributed by atoms with Crippen molar-refractivity contribution in [2.24, 2.45) is 11.8 Å². The van der Waals surface area contributed by atoms with Crippen LogP contribution in [0.5, 0.6) is 0 Å². The fraction of sp³-hybridized carbons (Fsp3) is 0.500. The Morgan fingerprint density at radius 2 is 2.33 bits per heavy atom. The van der Waals surface area contributed by atoms with Crippen molar-refractivity contribution in [2.75, 3.05) is 0 Å². The van der Waals surface area contributed by atoms with Gasteiger partial charge in [0.25, 0.3) is 0 Å². The third kappa shape index (κ3) is 1.88. The lowest BCUT2D eigenvalue weighted by Crippen LogP contribution is -2.14. The van der Waals surface area contributed by atoms with E-state index >= 15 is 0 Å². The van der Waals surface area contributed by atoms with Crippen LogP contribution in [0.3, 0.4) is 0 Å². The first-order valence-corrected chi connectivity index (χ1v) is 4.71. The highest BCUT2D eigenvalue weighted by molar-refractivity contribution is 5.17. The topological polar surface area (TPSA) is 0 Å². The molecule has 66 valence electrons. The molecule has 0 fully saturated rings. The van der Waals surface area contributed by atoms with Crippen LogP contribution in [0.25, 0.3) is 0 Å². The van der Waals surface area contributed by atoms with E-state index in [1.165, 1.54) is 18.4 Å². The first-order chi connectivity index (χ1) is 5.79. The van der Waals surface area contributed by atoms with E-state index in [4.69, 9.17) is 0 Å². The van der Waals surface area contributed by atoms with E-state index in [0.29, 0.717) is 11.8 Å². The molecule has 0 aliphatic heterocycles. The van der Waals surface area contributed by atoms with Crippen molar-refractivity contribution in [3.63, 3.8) is 0 Å². The minimum Gasteiger partial charge on any atom is -0.103 e. The number of rotatable bonds is 2. The summed E-state index contributed by atoms with van der Waals surface area (Å²) in [5.74, 6) is 1.27. The molecule has 0 radical (unpaired) electrons. The minimum absolute atomic E-state index is 0.612. The Morgan fingerprint density at radius 1 is 1.58 bits per heavy atom. The van der Waals surface area contributed by atoms with E-state index in [0.717, 1.165) is 0 Å². The van der Waals surface area contributed by atoms with Crippen LogP contribution in [0.2, 0.25) is 0 Å². The van der Waals surface area contributed by atoms with Gasteiger partial charge in [-0.25, -0.2) is 0 Å². The van der Waals surface area contributed by atoms with Gasteiger partial charge < -0.3 is 0 Å². The van der Waals surface area contributed by atoms with Gasteiger partial charge >= 0.3 is 0 Å². The average molecular weight is 162 g/mol. The number of hydrogen-bond donors (Lipinski definition) is 0. The van der Waals surface area contributed by atoms with E-state index in [1.807, 2.05) is 0 Å². The van der Waals surface area contributed by atoms with Gasteiger partial charge in [0.2, 0.25) is 0 Å². The summed E-state index contributed by atoms with van der Waals surface area (Å²) < 4.78 is 0. The summed E-state index contributed by atoms with van der Waals surface area (Å²) >= 11 is 0. The second-order valence-corrected chi connectivity index (χ2v) is 3.46. The van der Waals surface area contributed by atoms with Crippen LogP contribution in [-0.2, 0) is 0 Å². The standard InChI is InChI=1S/C12H18/c1-4-10(3)12-9-7-6-8-11(12)5-2/h4-5,7,9,11-12H,2,6,8H2,1,3H3. The fourth-order valence-corrected chi connectivity index (χ4v) is 1.80. The summed E-state index contributed by atoms with van der Waals surface area (Å²) in [6.07, 6.45) is 11.4. The smallest absolute Gasteiger partial charge is 0.00367 e. The summed E-state index contributed by atoms with van der Waals surface area (Å²) in [7, 11) is 0. The lowest BCUT2D eigenvalue weighted by atomic mass is 9.80. The molecule has 2 unspecified atom stereocenters. The van der Waals surface area contributed by atoms with Gasteiger partial charge in [0.1, 0.15) is 0 Å². The first-order valence-electron chi connectivity index (χ1n) is 4.71. The third-order valence-electron chi connectivity index (χ3n) is 2.76. The molecular weight excluding hydrogens is 144 g/mol. The van der Waals surface area contributed by atoms with Crippen molar-refractivity contribution in [3.8, 4) is 0 Å². The van der Waals surface area contributed by atoms with Gasteiger partial charge in [0.05, 0.1) is 0 Å². The predicted molar refractivity (Wildman–Crippen MR) is 55.0 cm³/mol. The molecule has 1 aliphatic carbocycles. The Bertz CT molecular complexity index is 208. The van der Waals surface area contributed by atoms with E-state index < -0.39 is 0 Å². The summed E-state index contributed by atoms with van der Waals surface area (Å²) in [5, 5.41) is 0. The van der Waals surface area contributed by atoms with Gasteiger partial charge in [-0.15, -0.1) is 6.58 Å². The van der Waals surface area contributed by atoms with Crippen LogP contribution in [-0.4, -0.2) is 0 Å². The van der Waals surface area contributed by atoms with E-state index in [-0.39, 0.29) is 0 Å². The maximum absolute atomic E-state index is 3.89. The average Bonchev–Trinajstić information content (AvgIpc) is 2.16. The molecule has 0 aromatic rings. The van der Waals surface area contributed by atoms with Crippen LogP contribution >= 0.6 is 0 Å². The van der Waals surface area contributed by atoms with Crippen molar-refractivity contribution in [1.29, 1.82) is 0 Å². The summed E-state index contributed by atoms with van der Waals surface area (Å²) in [6, 6.07) is 0. The molecule has 2 atom stereocenters. The van der Waals surface area contributed by atoms with Crippen molar-refractivity contribution >= 4 is 0 Å². The van der Waals surface area contributed by atoms with Gasteiger partial charge in [-0.05, 0) is 32.6 Å². The monoisotopic (exact) mass is 162 g/mol. The van der Waals surface area contributed by atoms with E-state index in [9.17, 15) is 0 Å². The van der Waals surface area contributed by atoms with Gasteiger partial charge in [-0.2, -0.15) is 0 Å². The third-order valence-corrected chi connectivity index (χ3v) is 2.76. The van der Waals surface area contributed by atoms with Crippen molar-refractivity contribution in [1.82, 2.24) is 0 Å². The zero-order valence-corrected chi connectivity index (χ0v) is 8.09. The molecule has 0 nitrogen and oxygen atoms in total. The Labute approximate surface area is 75.7 Å². The molecule has 0 saturated heterocycles. The molecule has 0 bridgehead atoms. The quantitative estimate of drug-likeness (QED) is 0.543. The number of hydrogen-bond acceptors (Lipinski definition) is 0. The maximum atomic E-state index is 3.89. The lowest BCUT2D eigenvalue weighted by molar-refractivity contribution is 0.478. The first kappa shape index (κ1) is 9.31. The van der Waals surface area contributed by atoms with Crippen LogP contribution in [0.15, 0.2) is 36.5 Å². The Hall–Kier alpha value is -0.780. The molecule has 1 aliphatic rings. The predicted octanol–water partition coefficient (Wildman–Crippen LogP) is 3.72. The summed E-state index contributed by atoms with van der Waals surface area (Å²) in [4.78, 5) is 0. The van der Waals surface area contributed by atoms with Crippen LogP contribution < -0.4 is 0 Å². The second kappa shape index (κ2) is 4.30. The molecule has 0 saturated carbocycles. The molecule has 0 aromatic carbocycles. The van der Waals surface area contributed by atoms with Crippen LogP contribution in [0.4, 0.5) is 0 Å². The SMILES string of the molecule is C=CC1CCC=CC1C(C)=CC. The molecule has 1 rings (SSSR count). The Balaban J connectivity index is 2.77. The van der Waals surface area contributed by atoms with Gasteiger partial charge in [0, 0.05) is 5.92 Å². The van der Waals surface area contributed by atoms with Gasteiger partial charge in [0.15, 0.2) is 0 Å². The highest BCUT2D eigenvalue weighted by Crippen LogP contribution is 2.30. The van der Waals surface area contributed by atoms with Gasteiger partial charge in [-0.3, -0.25) is 0 Å². The Kier molecular flexibility index (Phi) is 3.33. The molecular formula is C12H18. The summed E-state index contributed by atoms with van der Waals surface area (Å²) in [5.41, 5.74) is 1.47. The van der Waals surface area contributed by atoms with Crippen LogP contribution in [0.1, 0.15) is 26.7 Å². The highest BCUT2D eigenvalue weighted by Gasteiger charge is 2.19. The van der Waals surface area contributed by atoms with Crippen molar-refractivity contribution < 1.29 is 0 Å². The van der Waals surface area contributed by atoms with Crippen LogP contribution in [0, 0.1) is 11.8 Å². The Morgan fingerprint density at radius 3 is 2.92 bits per heavy atom. The minimum atomic E-state index is 0.612. The molecule has 0 N–H and O–H groups in total. The lowest BCUT2D eigenvalue weighted by Gasteiger charge is -2.25. The summed E-state index contributed by atoms with van der Waals surface area (Å²) in [6.45, 7) is 8.20. The van der Waals surface area contributed by atoms with E-state index in [1.54, 1.807) is 0 Å². The maximum Gasteiger partial charge on any atom is 0.00367 e. The zero-order chi connectivity index (χ0) is 8.97. The molecule has 0 aromatic heterocycles. The number of allylic oxidation sites excluding steroid dienone is 5. The second-order valence-electron chi connectivity index (χ2n) is 3.46. The molecule has 12 heavy (non-hydrogen) atoms. The highest BCUT2D eigenvalue weighted by atomic mass is 14.2. The molecule has 0 heterocycles. The fourth-order valence-electron chi connectivity index (χ4n) is 1.80. The zero-order valence-electron chi connectivity index (χ0n) is 8.09. The normalized spacial score (nSPS) is 30.3. The van der Waals surface area contributed by atoms with Crippen molar-refractivity contribution in [3.05, 3.63) is 36.5 Å².